The number of amides is 1. The van der Waals surface area contributed by atoms with E-state index in [2.05, 4.69) is 24.9 Å². The molecule has 152 valence electrons. The van der Waals surface area contributed by atoms with Crippen molar-refractivity contribution >= 4 is 38.4 Å². The minimum Gasteiger partial charge on any atom is -0.315 e. The van der Waals surface area contributed by atoms with Gasteiger partial charge in [-0.1, -0.05) is 74.1 Å². The number of para-hydroxylation sites is 1. The van der Waals surface area contributed by atoms with Gasteiger partial charge in [0.1, 0.15) is 0 Å². The topological polar surface area (TPSA) is 66.8 Å². The van der Waals surface area contributed by atoms with Gasteiger partial charge in [-0.3, -0.25) is 4.79 Å². The van der Waals surface area contributed by atoms with E-state index in [4.69, 9.17) is 0 Å². The van der Waals surface area contributed by atoms with Gasteiger partial charge in [0.05, 0.1) is 24.0 Å². The van der Waals surface area contributed by atoms with Crippen molar-refractivity contribution in [2.75, 3.05) is 16.4 Å². The molecule has 2 aliphatic heterocycles. The predicted molar refractivity (Wildman–Crippen MR) is 119 cm³/mol. The van der Waals surface area contributed by atoms with Gasteiger partial charge in [-0.25, -0.2) is 8.42 Å². The number of hydrogen-bond donors (Lipinski definition) is 0. The molecule has 0 aromatic heterocycles. The number of nitrogens with zero attached hydrogens (tertiary/aromatic N) is 2. The molecule has 5 nitrogen and oxygen atoms in total. The number of sulfone groups is 1. The van der Waals surface area contributed by atoms with Gasteiger partial charge in [-0.15, -0.1) is 0 Å². The first-order valence-electron chi connectivity index (χ1n) is 9.75. The molecule has 2 atom stereocenters. The third-order valence-corrected chi connectivity index (χ3v) is 8.51. The molecule has 0 spiro atoms. The summed E-state index contributed by atoms with van der Waals surface area (Å²) in [5.41, 5.74) is 2.99. The molecular weight excluding hydrogens is 404 g/mol. The maximum absolute atomic E-state index is 12.7. The van der Waals surface area contributed by atoms with Gasteiger partial charge in [0.15, 0.2) is 15.0 Å². The van der Waals surface area contributed by atoms with Crippen molar-refractivity contribution in [3.05, 3.63) is 65.7 Å². The Bertz CT molecular complexity index is 1050. The molecule has 0 N–H and O–H groups in total. The minimum absolute atomic E-state index is 0.0940. The van der Waals surface area contributed by atoms with E-state index in [0.29, 0.717) is 5.17 Å². The smallest absolute Gasteiger partial charge is 0.252 e. The van der Waals surface area contributed by atoms with Gasteiger partial charge in [-0.2, -0.15) is 4.99 Å². The highest BCUT2D eigenvalue weighted by Crippen LogP contribution is 2.43. The van der Waals surface area contributed by atoms with Crippen molar-refractivity contribution in [3.63, 3.8) is 0 Å². The van der Waals surface area contributed by atoms with Crippen LogP contribution >= 0.6 is 11.8 Å². The second-order valence-electron chi connectivity index (χ2n) is 7.83. The molecule has 0 saturated carbocycles. The van der Waals surface area contributed by atoms with E-state index in [9.17, 15) is 13.2 Å². The predicted octanol–water partition coefficient (Wildman–Crippen LogP) is 3.65. The third kappa shape index (κ3) is 4.26. The standard InChI is InChI=1S/C22H24N2O3S2/c1-15(2)17-10-6-7-11-18(17)24-19-13-29(26,27)14-20(19)28-22(24)23-21(25)12-16-8-4-3-5-9-16/h3-11,15,19-20H,12-14H2,1-2H3/t19-,20-/m0/s1. The first-order chi connectivity index (χ1) is 13.8. The van der Waals surface area contributed by atoms with Crippen LogP contribution in [0, 0.1) is 0 Å². The third-order valence-electron chi connectivity index (χ3n) is 5.30. The second-order valence-corrected chi connectivity index (χ2v) is 11.2. The summed E-state index contributed by atoms with van der Waals surface area (Å²) in [6.07, 6.45) is 0.234. The van der Waals surface area contributed by atoms with Crippen molar-refractivity contribution in [1.29, 1.82) is 0 Å². The Hall–Kier alpha value is -2.12. The highest BCUT2D eigenvalue weighted by atomic mass is 32.2. The van der Waals surface area contributed by atoms with Gasteiger partial charge < -0.3 is 4.90 Å². The van der Waals surface area contributed by atoms with Gasteiger partial charge in [0.2, 0.25) is 0 Å². The zero-order chi connectivity index (χ0) is 20.6. The number of anilines is 1. The van der Waals surface area contributed by atoms with Crippen molar-refractivity contribution in [2.24, 2.45) is 4.99 Å². The fraction of sp³-hybridized carbons (Fsp3) is 0.364. The summed E-state index contributed by atoms with van der Waals surface area (Å²) in [5, 5.41) is 0.521. The lowest BCUT2D eigenvalue weighted by atomic mass is 9.99. The van der Waals surface area contributed by atoms with Crippen LogP contribution < -0.4 is 4.90 Å². The van der Waals surface area contributed by atoms with E-state index < -0.39 is 9.84 Å². The Morgan fingerprint density at radius 3 is 2.52 bits per heavy atom. The van der Waals surface area contributed by atoms with Crippen molar-refractivity contribution in [1.82, 2.24) is 0 Å². The number of carbonyl (C=O) groups is 1. The highest BCUT2D eigenvalue weighted by Gasteiger charge is 2.49. The summed E-state index contributed by atoms with van der Waals surface area (Å²) in [5.74, 6) is 0.292. The zero-order valence-electron chi connectivity index (χ0n) is 16.5. The van der Waals surface area contributed by atoms with E-state index in [0.717, 1.165) is 16.8 Å². The summed E-state index contributed by atoms with van der Waals surface area (Å²) in [6.45, 7) is 4.23. The number of hydrogen-bond acceptors (Lipinski definition) is 4. The molecule has 1 amide bonds. The molecule has 0 aliphatic carbocycles. The van der Waals surface area contributed by atoms with Crippen LogP contribution in [-0.4, -0.2) is 42.3 Å². The lowest BCUT2D eigenvalue weighted by Crippen LogP contribution is -2.38. The average molecular weight is 429 g/mol. The van der Waals surface area contributed by atoms with Gasteiger partial charge in [-0.05, 0) is 23.1 Å². The van der Waals surface area contributed by atoms with Crippen molar-refractivity contribution in [2.45, 2.75) is 37.5 Å². The summed E-state index contributed by atoms with van der Waals surface area (Å²) in [7, 11) is -3.08. The van der Waals surface area contributed by atoms with Crippen LogP contribution in [-0.2, 0) is 21.1 Å². The molecule has 0 unspecified atom stereocenters. The molecule has 2 fully saturated rings. The van der Waals surface area contributed by atoms with Gasteiger partial charge in [0.25, 0.3) is 5.91 Å². The average Bonchev–Trinajstić information content (AvgIpc) is 3.13. The first kappa shape index (κ1) is 20.2. The zero-order valence-corrected chi connectivity index (χ0v) is 18.1. The molecule has 2 saturated heterocycles. The monoisotopic (exact) mass is 428 g/mol. The molecule has 0 radical (unpaired) electrons. The van der Waals surface area contributed by atoms with Crippen molar-refractivity contribution in [3.8, 4) is 0 Å². The van der Waals surface area contributed by atoms with E-state index in [1.165, 1.54) is 11.8 Å². The Morgan fingerprint density at radius 2 is 1.79 bits per heavy atom. The lowest BCUT2D eigenvalue weighted by Gasteiger charge is -2.28. The van der Waals surface area contributed by atoms with E-state index in [1.54, 1.807) is 0 Å². The quantitative estimate of drug-likeness (QED) is 0.744. The van der Waals surface area contributed by atoms with Crippen LogP contribution in [0.1, 0.15) is 30.9 Å². The van der Waals surface area contributed by atoms with Gasteiger partial charge >= 0.3 is 0 Å². The SMILES string of the molecule is CC(C)c1ccccc1N1C(=NC(=O)Cc2ccccc2)S[C@H]2CS(=O)(=O)C[C@@H]21. The number of aliphatic imine (C=N–C) groups is 1. The summed E-state index contributed by atoms with van der Waals surface area (Å²) < 4.78 is 24.5. The Balaban J connectivity index is 1.70. The number of rotatable bonds is 4. The maximum atomic E-state index is 12.7. The van der Waals surface area contributed by atoms with Crippen LogP contribution in [0.4, 0.5) is 5.69 Å². The van der Waals surface area contributed by atoms with E-state index in [1.807, 2.05) is 53.4 Å². The molecule has 7 heteroatoms. The minimum atomic E-state index is -3.08. The van der Waals surface area contributed by atoms with E-state index >= 15 is 0 Å². The summed E-state index contributed by atoms with van der Waals surface area (Å²) >= 11 is 1.42. The van der Waals surface area contributed by atoms with Gasteiger partial charge in [0, 0.05) is 10.9 Å². The Morgan fingerprint density at radius 1 is 1.10 bits per heavy atom. The molecule has 4 rings (SSSR count). The summed E-state index contributed by atoms with van der Waals surface area (Å²) in [4.78, 5) is 19.1. The first-order valence-corrected chi connectivity index (χ1v) is 12.4. The number of amidine groups is 1. The number of fused-ring (bicyclic) bond motifs is 1. The molecule has 2 heterocycles. The van der Waals surface area contributed by atoms with Crippen LogP contribution in [0.25, 0.3) is 0 Å². The van der Waals surface area contributed by atoms with Crippen molar-refractivity contribution < 1.29 is 13.2 Å². The fourth-order valence-electron chi connectivity index (χ4n) is 3.96. The Kier molecular flexibility index (Phi) is 5.53. The van der Waals surface area contributed by atoms with E-state index in [-0.39, 0.29) is 41.0 Å². The molecule has 2 aromatic rings. The molecule has 29 heavy (non-hydrogen) atoms. The molecule has 2 aliphatic rings. The second kappa shape index (κ2) is 7.95. The molecule has 2 aromatic carbocycles. The number of benzene rings is 2. The van der Waals surface area contributed by atoms with Crippen LogP contribution in [0.15, 0.2) is 59.6 Å². The van der Waals surface area contributed by atoms with Crippen LogP contribution in [0.3, 0.4) is 0 Å². The normalized spacial score (nSPS) is 24.2. The maximum Gasteiger partial charge on any atom is 0.252 e. The number of thioether (sulfide) groups is 1. The molecular formula is C22H24N2O3S2. The molecule has 0 bridgehead atoms. The van der Waals surface area contributed by atoms with Crippen LogP contribution in [0.2, 0.25) is 0 Å². The summed E-state index contributed by atoms with van der Waals surface area (Å²) in [6, 6.07) is 17.4. The Labute approximate surface area is 176 Å². The fourth-order valence-corrected chi connectivity index (χ4v) is 7.88. The largest absolute Gasteiger partial charge is 0.315 e. The van der Waals surface area contributed by atoms with Crippen LogP contribution in [0.5, 0.6) is 0 Å². The number of carbonyl (C=O) groups excluding carboxylic acids is 1. The lowest BCUT2D eigenvalue weighted by molar-refractivity contribution is -0.117. The highest BCUT2D eigenvalue weighted by molar-refractivity contribution is 8.16.